The van der Waals surface area contributed by atoms with Gasteiger partial charge in [-0.1, -0.05) is 29.8 Å². The molecule has 4 N–H and O–H groups in total. The Kier molecular flexibility index (Phi) is 2.82. The van der Waals surface area contributed by atoms with Crippen molar-refractivity contribution in [1.29, 1.82) is 0 Å². The highest BCUT2D eigenvalue weighted by molar-refractivity contribution is 5.26. The second kappa shape index (κ2) is 4.09. The molecule has 76 valence electrons. The van der Waals surface area contributed by atoms with Crippen molar-refractivity contribution in [2.45, 2.75) is 13.0 Å². The molecule has 0 spiro atoms. The van der Waals surface area contributed by atoms with Gasteiger partial charge in [-0.25, -0.2) is 5.43 Å². The minimum atomic E-state index is 0.361. The lowest BCUT2D eigenvalue weighted by Gasteiger charge is -2.17. The number of nitrogens with two attached hydrogens (primary N) is 1. The van der Waals surface area contributed by atoms with Crippen molar-refractivity contribution in [1.82, 2.24) is 10.9 Å². The Labute approximate surface area is 84.7 Å². The topological polar surface area (TPSA) is 50.1 Å². The van der Waals surface area contributed by atoms with E-state index in [0.717, 1.165) is 13.1 Å². The minimum Gasteiger partial charge on any atom is -0.330 e. The van der Waals surface area contributed by atoms with Crippen molar-refractivity contribution in [3.05, 3.63) is 35.4 Å². The van der Waals surface area contributed by atoms with Crippen LogP contribution < -0.4 is 16.6 Å². The standard InChI is InChI=1S/C11H17N3/c1-8-3-2-4-9(5-8)11-10(6-12)7-13-14-11/h2-5,10-11,13-14H,6-7,12H2,1H3. The van der Waals surface area contributed by atoms with Gasteiger partial charge in [-0.3, -0.25) is 5.43 Å². The van der Waals surface area contributed by atoms with Gasteiger partial charge in [-0.2, -0.15) is 0 Å². The number of aryl methyl sites for hydroxylation is 1. The molecule has 2 unspecified atom stereocenters. The molecular formula is C11H17N3. The van der Waals surface area contributed by atoms with E-state index in [1.165, 1.54) is 11.1 Å². The zero-order valence-corrected chi connectivity index (χ0v) is 8.46. The van der Waals surface area contributed by atoms with Crippen molar-refractivity contribution >= 4 is 0 Å². The second-order valence-electron chi connectivity index (χ2n) is 3.91. The van der Waals surface area contributed by atoms with Gasteiger partial charge in [-0.15, -0.1) is 0 Å². The van der Waals surface area contributed by atoms with Gasteiger partial charge in [0.15, 0.2) is 0 Å². The summed E-state index contributed by atoms with van der Waals surface area (Å²) in [5.41, 5.74) is 14.8. The Morgan fingerprint density at radius 2 is 2.36 bits per heavy atom. The van der Waals surface area contributed by atoms with Gasteiger partial charge in [0.25, 0.3) is 0 Å². The molecular weight excluding hydrogens is 174 g/mol. The molecule has 0 aromatic heterocycles. The summed E-state index contributed by atoms with van der Waals surface area (Å²) in [5.74, 6) is 0.497. The number of nitrogens with one attached hydrogen (secondary N) is 2. The third kappa shape index (κ3) is 1.80. The monoisotopic (exact) mass is 191 g/mol. The maximum atomic E-state index is 5.72. The van der Waals surface area contributed by atoms with Gasteiger partial charge in [0.05, 0.1) is 6.04 Å². The first-order chi connectivity index (χ1) is 6.81. The van der Waals surface area contributed by atoms with Gasteiger partial charge in [-0.05, 0) is 19.0 Å². The van der Waals surface area contributed by atoms with E-state index in [4.69, 9.17) is 5.73 Å². The summed E-state index contributed by atoms with van der Waals surface area (Å²) < 4.78 is 0. The van der Waals surface area contributed by atoms with E-state index in [9.17, 15) is 0 Å². The lowest BCUT2D eigenvalue weighted by molar-refractivity contribution is 0.483. The molecule has 0 aliphatic carbocycles. The predicted molar refractivity (Wildman–Crippen MR) is 57.6 cm³/mol. The van der Waals surface area contributed by atoms with E-state index in [-0.39, 0.29) is 0 Å². The largest absolute Gasteiger partial charge is 0.330 e. The van der Waals surface area contributed by atoms with Crippen molar-refractivity contribution in [3.63, 3.8) is 0 Å². The zero-order chi connectivity index (χ0) is 9.97. The summed E-state index contributed by atoms with van der Waals surface area (Å²) in [4.78, 5) is 0. The van der Waals surface area contributed by atoms with Gasteiger partial charge in [0.1, 0.15) is 0 Å². The van der Waals surface area contributed by atoms with Gasteiger partial charge in [0, 0.05) is 12.5 Å². The highest BCUT2D eigenvalue weighted by atomic mass is 15.4. The zero-order valence-electron chi connectivity index (χ0n) is 8.46. The first kappa shape index (κ1) is 9.65. The van der Waals surface area contributed by atoms with Crippen molar-refractivity contribution in [3.8, 4) is 0 Å². The Morgan fingerprint density at radius 1 is 1.50 bits per heavy atom. The first-order valence-corrected chi connectivity index (χ1v) is 5.06. The molecule has 1 fully saturated rings. The molecule has 1 heterocycles. The fourth-order valence-electron chi connectivity index (χ4n) is 1.97. The molecule has 0 bridgehead atoms. The molecule has 1 aliphatic rings. The van der Waals surface area contributed by atoms with Crippen LogP contribution in [0.25, 0.3) is 0 Å². The van der Waals surface area contributed by atoms with E-state index in [1.54, 1.807) is 0 Å². The lowest BCUT2D eigenvalue weighted by Crippen LogP contribution is -2.26. The third-order valence-electron chi connectivity index (χ3n) is 2.80. The van der Waals surface area contributed by atoms with Crippen LogP contribution in [0.5, 0.6) is 0 Å². The normalized spacial score (nSPS) is 26.7. The molecule has 1 saturated heterocycles. The summed E-state index contributed by atoms with van der Waals surface area (Å²) in [6, 6.07) is 8.94. The van der Waals surface area contributed by atoms with E-state index >= 15 is 0 Å². The average Bonchev–Trinajstić information content (AvgIpc) is 2.65. The summed E-state index contributed by atoms with van der Waals surface area (Å²) >= 11 is 0. The van der Waals surface area contributed by atoms with Crippen LogP contribution in [0.3, 0.4) is 0 Å². The number of rotatable bonds is 2. The van der Waals surface area contributed by atoms with Crippen LogP contribution in [-0.2, 0) is 0 Å². The van der Waals surface area contributed by atoms with Gasteiger partial charge >= 0.3 is 0 Å². The van der Waals surface area contributed by atoms with Crippen LogP contribution in [0.15, 0.2) is 24.3 Å². The highest BCUT2D eigenvalue weighted by Gasteiger charge is 2.26. The summed E-state index contributed by atoms with van der Waals surface area (Å²) in [6.45, 7) is 3.79. The molecule has 2 atom stereocenters. The molecule has 14 heavy (non-hydrogen) atoms. The molecule has 3 nitrogen and oxygen atoms in total. The number of hydrogen-bond donors (Lipinski definition) is 3. The lowest BCUT2D eigenvalue weighted by atomic mass is 9.94. The molecule has 2 rings (SSSR count). The van der Waals surface area contributed by atoms with E-state index in [0.29, 0.717) is 12.0 Å². The number of hydrazine groups is 1. The van der Waals surface area contributed by atoms with Crippen LogP contribution in [0, 0.1) is 12.8 Å². The Hall–Kier alpha value is -0.900. The average molecular weight is 191 g/mol. The fourth-order valence-corrected chi connectivity index (χ4v) is 1.97. The SMILES string of the molecule is Cc1cccc(C2NNCC2CN)c1. The van der Waals surface area contributed by atoms with Crippen LogP contribution in [0.4, 0.5) is 0 Å². The quantitative estimate of drug-likeness (QED) is 0.645. The maximum Gasteiger partial charge on any atom is 0.0515 e. The molecule has 0 saturated carbocycles. The Balaban J connectivity index is 2.21. The summed E-state index contributed by atoms with van der Waals surface area (Å²) in [7, 11) is 0. The molecule has 0 amide bonds. The number of hydrogen-bond acceptors (Lipinski definition) is 3. The van der Waals surface area contributed by atoms with E-state index < -0.39 is 0 Å². The van der Waals surface area contributed by atoms with E-state index in [2.05, 4.69) is 42.0 Å². The summed E-state index contributed by atoms with van der Waals surface area (Å²) in [5, 5.41) is 0. The first-order valence-electron chi connectivity index (χ1n) is 5.06. The highest BCUT2D eigenvalue weighted by Crippen LogP contribution is 2.24. The molecule has 0 radical (unpaired) electrons. The number of benzene rings is 1. The second-order valence-corrected chi connectivity index (χ2v) is 3.91. The molecule has 1 aromatic carbocycles. The van der Waals surface area contributed by atoms with Gasteiger partial charge in [0.2, 0.25) is 0 Å². The van der Waals surface area contributed by atoms with Crippen LogP contribution in [0.1, 0.15) is 17.2 Å². The Morgan fingerprint density at radius 3 is 3.07 bits per heavy atom. The molecule has 1 aliphatic heterocycles. The van der Waals surface area contributed by atoms with Crippen LogP contribution in [-0.4, -0.2) is 13.1 Å². The third-order valence-corrected chi connectivity index (χ3v) is 2.80. The fraction of sp³-hybridized carbons (Fsp3) is 0.455. The van der Waals surface area contributed by atoms with Crippen molar-refractivity contribution < 1.29 is 0 Å². The smallest absolute Gasteiger partial charge is 0.0515 e. The maximum absolute atomic E-state index is 5.72. The summed E-state index contributed by atoms with van der Waals surface area (Å²) in [6.07, 6.45) is 0. The van der Waals surface area contributed by atoms with Crippen LogP contribution in [0.2, 0.25) is 0 Å². The molecule has 3 heteroatoms. The van der Waals surface area contributed by atoms with Crippen molar-refractivity contribution in [2.24, 2.45) is 11.7 Å². The molecule has 1 aromatic rings. The predicted octanol–water partition coefficient (Wildman–Crippen LogP) is 0.719. The van der Waals surface area contributed by atoms with E-state index in [1.807, 2.05) is 0 Å². The van der Waals surface area contributed by atoms with Crippen LogP contribution >= 0.6 is 0 Å². The Bertz CT molecular complexity index is 311. The van der Waals surface area contributed by atoms with Crippen molar-refractivity contribution in [2.75, 3.05) is 13.1 Å². The van der Waals surface area contributed by atoms with Gasteiger partial charge < -0.3 is 5.73 Å². The minimum absolute atomic E-state index is 0.361.